The van der Waals surface area contributed by atoms with Gasteiger partial charge in [0.05, 0.1) is 5.69 Å². The molecule has 0 fully saturated rings. The summed E-state index contributed by atoms with van der Waals surface area (Å²) in [4.78, 5) is 14.2. The molecule has 0 saturated heterocycles. The van der Waals surface area contributed by atoms with E-state index in [2.05, 4.69) is 29.4 Å². The summed E-state index contributed by atoms with van der Waals surface area (Å²) >= 11 is 0. The second-order valence-electron chi connectivity index (χ2n) is 5.99. The van der Waals surface area contributed by atoms with Gasteiger partial charge in [0.15, 0.2) is 0 Å². The molecule has 2 aromatic carbocycles. The zero-order valence-corrected chi connectivity index (χ0v) is 12.4. The molecule has 0 aliphatic carbocycles. The van der Waals surface area contributed by atoms with E-state index >= 15 is 0 Å². The van der Waals surface area contributed by atoms with Crippen molar-refractivity contribution < 1.29 is 4.79 Å². The number of carbonyl (C=O) groups is 1. The highest BCUT2D eigenvalue weighted by atomic mass is 16.2. The Morgan fingerprint density at radius 1 is 1.14 bits per heavy atom. The van der Waals surface area contributed by atoms with E-state index in [1.807, 2.05) is 24.3 Å². The zero-order valence-electron chi connectivity index (χ0n) is 12.4. The summed E-state index contributed by atoms with van der Waals surface area (Å²) in [5.41, 5.74) is 6.43. The largest absolute Gasteiger partial charge is 0.320 e. The van der Waals surface area contributed by atoms with Crippen LogP contribution >= 0.6 is 0 Å². The Morgan fingerprint density at radius 2 is 1.91 bits per heavy atom. The number of nitrogens with one attached hydrogen (secondary N) is 2. The minimum absolute atomic E-state index is 0.0724. The van der Waals surface area contributed by atoms with Gasteiger partial charge in [0.2, 0.25) is 0 Å². The molecule has 0 bridgehead atoms. The fraction of sp³-hybridized carbons (Fsp3) is 0.222. The van der Waals surface area contributed by atoms with Crippen LogP contribution in [0, 0.1) is 5.41 Å². The van der Waals surface area contributed by atoms with E-state index in [1.54, 1.807) is 0 Å². The summed E-state index contributed by atoms with van der Waals surface area (Å²) in [6, 6.07) is 12.2. The van der Waals surface area contributed by atoms with Crippen molar-refractivity contribution in [3.63, 3.8) is 0 Å². The summed E-state index contributed by atoms with van der Waals surface area (Å²) in [5.74, 6) is -0.296. The minimum atomic E-state index is -0.296. The molecule has 2 heterocycles. The molecule has 0 spiro atoms. The van der Waals surface area contributed by atoms with Gasteiger partial charge in [-0.2, -0.15) is 0 Å². The van der Waals surface area contributed by atoms with Crippen molar-refractivity contribution in [3.05, 3.63) is 53.1 Å². The van der Waals surface area contributed by atoms with Gasteiger partial charge in [-0.1, -0.05) is 30.3 Å². The van der Waals surface area contributed by atoms with Crippen molar-refractivity contribution in [2.24, 2.45) is 0 Å². The lowest BCUT2D eigenvalue weighted by atomic mass is 9.87. The Balaban J connectivity index is 1.99. The molecule has 4 heteroatoms. The van der Waals surface area contributed by atoms with Gasteiger partial charge in [-0.15, -0.1) is 0 Å². The molecule has 0 saturated carbocycles. The average Bonchev–Trinajstić information content (AvgIpc) is 2.83. The molecule has 0 atom stereocenters. The number of rotatable bonds is 1. The third-order valence-corrected chi connectivity index (χ3v) is 4.54. The molecule has 2 aromatic rings. The van der Waals surface area contributed by atoms with Crippen LogP contribution in [0.25, 0.3) is 11.1 Å². The van der Waals surface area contributed by atoms with Crippen molar-refractivity contribution in [1.82, 2.24) is 4.90 Å². The predicted octanol–water partition coefficient (Wildman–Crippen LogP) is 2.66. The molecule has 0 unspecified atom stereocenters. The van der Waals surface area contributed by atoms with Crippen LogP contribution in [0.15, 0.2) is 36.4 Å². The molecule has 22 heavy (non-hydrogen) atoms. The van der Waals surface area contributed by atoms with Gasteiger partial charge in [-0.05, 0) is 41.8 Å². The van der Waals surface area contributed by atoms with Gasteiger partial charge >= 0.3 is 0 Å². The van der Waals surface area contributed by atoms with Crippen LogP contribution < -0.4 is 5.32 Å². The lowest BCUT2D eigenvalue weighted by Gasteiger charge is -2.29. The third kappa shape index (κ3) is 1.88. The Morgan fingerprint density at radius 3 is 2.68 bits per heavy atom. The van der Waals surface area contributed by atoms with Crippen molar-refractivity contribution in [1.29, 1.82) is 5.41 Å². The van der Waals surface area contributed by atoms with E-state index in [0.717, 1.165) is 41.9 Å². The first-order chi connectivity index (χ1) is 10.6. The number of hydrogen-bond acceptors (Lipinski definition) is 3. The molecule has 110 valence electrons. The quantitative estimate of drug-likeness (QED) is 0.848. The summed E-state index contributed by atoms with van der Waals surface area (Å²) < 4.78 is 0. The van der Waals surface area contributed by atoms with Gasteiger partial charge in [0.25, 0.3) is 5.91 Å². The average molecular weight is 291 g/mol. The number of nitrogens with zero attached hydrogens (tertiary/aromatic N) is 1. The number of likely N-dealkylation sites (N-methyl/N-ethyl adjacent to an activating group) is 1. The maximum atomic E-state index is 11.9. The fourth-order valence-corrected chi connectivity index (χ4v) is 3.40. The number of carbonyl (C=O) groups excluding carboxylic acids is 1. The Bertz CT molecular complexity index is 796. The first kappa shape index (κ1) is 13.2. The highest BCUT2D eigenvalue weighted by Gasteiger charge is 2.31. The third-order valence-electron chi connectivity index (χ3n) is 4.54. The van der Waals surface area contributed by atoms with Gasteiger partial charge in [0, 0.05) is 18.7 Å². The predicted molar refractivity (Wildman–Crippen MR) is 87.4 cm³/mol. The van der Waals surface area contributed by atoms with Crippen molar-refractivity contribution in [2.45, 2.75) is 13.0 Å². The lowest BCUT2D eigenvalue weighted by Crippen LogP contribution is -2.27. The van der Waals surface area contributed by atoms with E-state index < -0.39 is 0 Å². The van der Waals surface area contributed by atoms with E-state index in [1.165, 1.54) is 11.1 Å². The number of fused-ring (bicyclic) bond motifs is 3. The number of benzene rings is 2. The van der Waals surface area contributed by atoms with Crippen LogP contribution in [0.3, 0.4) is 0 Å². The molecule has 4 nitrogen and oxygen atoms in total. The molecular formula is C18H17N3O. The van der Waals surface area contributed by atoms with Crippen molar-refractivity contribution in [3.8, 4) is 11.1 Å². The van der Waals surface area contributed by atoms with Gasteiger partial charge in [0.1, 0.15) is 5.71 Å². The zero-order chi connectivity index (χ0) is 15.3. The highest BCUT2D eigenvalue weighted by molar-refractivity contribution is 6.53. The first-order valence-electron chi connectivity index (χ1n) is 7.48. The molecular weight excluding hydrogens is 274 g/mol. The van der Waals surface area contributed by atoms with Crippen molar-refractivity contribution in [2.75, 3.05) is 18.9 Å². The molecule has 0 aromatic heterocycles. The van der Waals surface area contributed by atoms with Crippen LogP contribution in [-0.4, -0.2) is 30.1 Å². The Labute approximate surface area is 129 Å². The second kappa shape index (κ2) is 4.78. The normalized spacial score (nSPS) is 17.1. The second-order valence-corrected chi connectivity index (χ2v) is 5.99. The van der Waals surface area contributed by atoms with Crippen LogP contribution in [0.4, 0.5) is 5.69 Å². The number of hydrogen-bond donors (Lipinski definition) is 2. The Hall–Kier alpha value is -2.46. The van der Waals surface area contributed by atoms with Crippen LogP contribution in [0.1, 0.15) is 16.7 Å². The summed E-state index contributed by atoms with van der Waals surface area (Å²) in [6.45, 7) is 1.82. The molecule has 0 radical (unpaired) electrons. The van der Waals surface area contributed by atoms with Gasteiger partial charge in [-0.3, -0.25) is 10.2 Å². The number of anilines is 1. The lowest BCUT2D eigenvalue weighted by molar-refractivity contribution is -0.110. The van der Waals surface area contributed by atoms with E-state index in [4.69, 9.17) is 5.41 Å². The Kier molecular flexibility index (Phi) is 2.87. The summed E-state index contributed by atoms with van der Waals surface area (Å²) in [5, 5.41) is 10.9. The maximum Gasteiger partial charge on any atom is 0.274 e. The monoisotopic (exact) mass is 291 g/mol. The first-order valence-corrected chi connectivity index (χ1v) is 7.48. The van der Waals surface area contributed by atoms with Crippen LogP contribution in [-0.2, 0) is 17.8 Å². The standard InChI is InChI=1S/C18H17N3O/c1-21-8-7-12-13(11-5-3-2-4-6-11)9-14-16(19)18(22)20-17(14)15(12)10-21/h2-6,9H,7-8,10H2,1H3,(H2,19,20,22). The van der Waals surface area contributed by atoms with Gasteiger partial charge in [-0.25, -0.2) is 0 Å². The van der Waals surface area contributed by atoms with E-state index in [9.17, 15) is 4.79 Å². The minimum Gasteiger partial charge on any atom is -0.320 e. The smallest absolute Gasteiger partial charge is 0.274 e. The molecule has 2 aliphatic rings. The van der Waals surface area contributed by atoms with E-state index in [0.29, 0.717) is 0 Å². The fourth-order valence-electron chi connectivity index (χ4n) is 3.40. The maximum absolute atomic E-state index is 11.9. The van der Waals surface area contributed by atoms with Crippen LogP contribution in [0.2, 0.25) is 0 Å². The highest BCUT2D eigenvalue weighted by Crippen LogP contribution is 2.39. The van der Waals surface area contributed by atoms with Crippen molar-refractivity contribution >= 4 is 17.3 Å². The summed E-state index contributed by atoms with van der Waals surface area (Å²) in [7, 11) is 2.09. The van der Waals surface area contributed by atoms with E-state index in [-0.39, 0.29) is 11.6 Å². The molecule has 2 N–H and O–H groups in total. The molecule has 4 rings (SSSR count). The number of amides is 1. The molecule has 2 aliphatic heterocycles. The SMILES string of the molecule is CN1CCc2c(-c3ccccc3)cc3c(c2C1)NC(=O)C3=N. The van der Waals surface area contributed by atoms with Gasteiger partial charge < -0.3 is 10.2 Å². The molecule has 1 amide bonds. The van der Waals surface area contributed by atoms with Crippen LogP contribution in [0.5, 0.6) is 0 Å². The summed E-state index contributed by atoms with van der Waals surface area (Å²) in [6.07, 6.45) is 0.965. The topological polar surface area (TPSA) is 56.2 Å².